The zero-order valence-corrected chi connectivity index (χ0v) is 14.0. The van der Waals surface area contributed by atoms with E-state index in [4.69, 9.17) is 16.4 Å². The average molecular weight is 330 g/mol. The van der Waals surface area contributed by atoms with Gasteiger partial charge in [0.2, 0.25) is 5.91 Å². The van der Waals surface area contributed by atoms with Gasteiger partial charge in [-0.05, 0) is 60.0 Å². The van der Waals surface area contributed by atoms with Crippen LogP contribution in [-0.2, 0) is 11.2 Å². The molecule has 2 aromatic rings. The highest BCUT2D eigenvalue weighted by Crippen LogP contribution is 2.21. The standard InChI is InChI=1S/C21H18N2O2/c1-3-13-25-20-11-7-16(14-18(20)4-2)8-12-21(24)23-19-9-5-17(15-22)6-10-19/h1,5-12,14H,4,13H2,2H3,(H,23,24)/b12-8+. The fraction of sp³-hybridized carbons (Fsp3) is 0.143. The van der Waals surface area contributed by atoms with Crippen LogP contribution in [-0.4, -0.2) is 12.5 Å². The summed E-state index contributed by atoms with van der Waals surface area (Å²) in [6.07, 6.45) is 9.22. The summed E-state index contributed by atoms with van der Waals surface area (Å²) in [6, 6.07) is 14.4. The minimum Gasteiger partial charge on any atom is -0.481 e. The van der Waals surface area contributed by atoms with Gasteiger partial charge in [-0.3, -0.25) is 4.79 Å². The Bertz CT molecular complexity index is 853. The first-order chi connectivity index (χ1) is 12.2. The Labute approximate surface area is 147 Å². The van der Waals surface area contributed by atoms with E-state index in [1.807, 2.05) is 31.2 Å². The van der Waals surface area contributed by atoms with Crippen LogP contribution >= 0.6 is 0 Å². The molecule has 4 heteroatoms. The van der Waals surface area contributed by atoms with Crippen LogP contribution in [0.15, 0.2) is 48.5 Å². The molecule has 0 fully saturated rings. The van der Waals surface area contributed by atoms with Crippen molar-refractivity contribution in [1.82, 2.24) is 0 Å². The minimum absolute atomic E-state index is 0.231. The predicted octanol–water partition coefficient (Wildman–Crippen LogP) is 3.78. The fourth-order valence-corrected chi connectivity index (χ4v) is 2.22. The number of ether oxygens (including phenoxy) is 1. The number of hydrogen-bond acceptors (Lipinski definition) is 3. The van der Waals surface area contributed by atoms with E-state index >= 15 is 0 Å². The predicted molar refractivity (Wildman–Crippen MR) is 99.0 cm³/mol. The van der Waals surface area contributed by atoms with Gasteiger partial charge in [-0.25, -0.2) is 0 Å². The third-order valence-electron chi connectivity index (χ3n) is 3.49. The lowest BCUT2D eigenvalue weighted by Crippen LogP contribution is -2.07. The molecular weight excluding hydrogens is 312 g/mol. The molecule has 4 nitrogen and oxygen atoms in total. The highest BCUT2D eigenvalue weighted by molar-refractivity contribution is 6.01. The van der Waals surface area contributed by atoms with Gasteiger partial charge in [-0.1, -0.05) is 18.9 Å². The molecule has 0 radical (unpaired) electrons. The first kappa shape index (κ1) is 17.8. The number of carbonyl (C=O) groups is 1. The number of hydrogen-bond donors (Lipinski definition) is 1. The molecule has 1 amide bonds. The van der Waals surface area contributed by atoms with E-state index < -0.39 is 0 Å². The van der Waals surface area contributed by atoms with Crippen LogP contribution in [0.5, 0.6) is 5.75 Å². The smallest absolute Gasteiger partial charge is 0.248 e. The maximum absolute atomic E-state index is 12.0. The molecule has 0 aromatic heterocycles. The number of benzene rings is 2. The number of anilines is 1. The molecule has 0 aliphatic carbocycles. The number of amides is 1. The van der Waals surface area contributed by atoms with E-state index in [0.717, 1.165) is 23.3 Å². The molecule has 124 valence electrons. The molecule has 0 heterocycles. The number of terminal acetylenes is 1. The summed E-state index contributed by atoms with van der Waals surface area (Å²) in [5.74, 6) is 2.97. The Morgan fingerprint density at radius 2 is 2.04 bits per heavy atom. The summed E-state index contributed by atoms with van der Waals surface area (Å²) < 4.78 is 5.49. The van der Waals surface area contributed by atoms with Crippen LogP contribution in [0.1, 0.15) is 23.6 Å². The van der Waals surface area contributed by atoms with Crippen molar-refractivity contribution in [3.8, 4) is 24.2 Å². The summed E-state index contributed by atoms with van der Waals surface area (Å²) in [4.78, 5) is 12.0. The molecule has 0 aliphatic heterocycles. The lowest BCUT2D eigenvalue weighted by Gasteiger charge is -2.09. The number of nitrogens with zero attached hydrogens (tertiary/aromatic N) is 1. The minimum atomic E-state index is -0.240. The SMILES string of the molecule is C#CCOc1ccc(/C=C/C(=O)Nc2ccc(C#N)cc2)cc1CC. The fourth-order valence-electron chi connectivity index (χ4n) is 2.22. The Balaban J connectivity index is 2.03. The molecule has 0 saturated heterocycles. The second-order valence-electron chi connectivity index (χ2n) is 5.23. The summed E-state index contributed by atoms with van der Waals surface area (Å²) >= 11 is 0. The normalized spacial score (nSPS) is 10.0. The second-order valence-corrected chi connectivity index (χ2v) is 5.23. The second kappa shape index (κ2) is 8.96. The van der Waals surface area contributed by atoms with Crippen molar-refractivity contribution in [2.24, 2.45) is 0 Å². The molecule has 25 heavy (non-hydrogen) atoms. The van der Waals surface area contributed by atoms with E-state index in [1.54, 1.807) is 30.3 Å². The number of aryl methyl sites for hydroxylation is 1. The van der Waals surface area contributed by atoms with E-state index in [2.05, 4.69) is 11.2 Å². The van der Waals surface area contributed by atoms with Gasteiger partial charge < -0.3 is 10.1 Å². The Morgan fingerprint density at radius 1 is 1.28 bits per heavy atom. The first-order valence-electron chi connectivity index (χ1n) is 7.84. The van der Waals surface area contributed by atoms with Gasteiger partial charge in [0.15, 0.2) is 0 Å². The van der Waals surface area contributed by atoms with Crippen molar-refractivity contribution in [2.75, 3.05) is 11.9 Å². The average Bonchev–Trinajstić information content (AvgIpc) is 2.65. The third kappa shape index (κ3) is 5.27. The number of nitrogens with one attached hydrogen (secondary N) is 1. The van der Waals surface area contributed by atoms with Gasteiger partial charge in [-0.15, -0.1) is 6.42 Å². The molecule has 2 rings (SSSR count). The number of carbonyl (C=O) groups excluding carboxylic acids is 1. The van der Waals surface area contributed by atoms with Crippen LogP contribution in [0.25, 0.3) is 6.08 Å². The molecule has 0 atom stereocenters. The molecule has 0 unspecified atom stereocenters. The van der Waals surface area contributed by atoms with Crippen molar-refractivity contribution < 1.29 is 9.53 Å². The zero-order chi connectivity index (χ0) is 18.1. The topological polar surface area (TPSA) is 62.1 Å². The molecule has 0 saturated carbocycles. The third-order valence-corrected chi connectivity index (χ3v) is 3.49. The van der Waals surface area contributed by atoms with Crippen molar-refractivity contribution in [2.45, 2.75) is 13.3 Å². The molecule has 1 N–H and O–H groups in total. The van der Waals surface area contributed by atoms with Gasteiger partial charge in [0.25, 0.3) is 0 Å². The van der Waals surface area contributed by atoms with E-state index in [1.165, 1.54) is 6.08 Å². The van der Waals surface area contributed by atoms with Gasteiger partial charge in [0, 0.05) is 11.8 Å². The summed E-state index contributed by atoms with van der Waals surface area (Å²) in [7, 11) is 0. The van der Waals surface area contributed by atoms with Crippen molar-refractivity contribution in [3.63, 3.8) is 0 Å². The lowest BCUT2D eigenvalue weighted by molar-refractivity contribution is -0.111. The summed E-state index contributed by atoms with van der Waals surface area (Å²) in [6.45, 7) is 2.26. The molecule has 0 bridgehead atoms. The van der Waals surface area contributed by atoms with Crippen LogP contribution in [0.4, 0.5) is 5.69 Å². The van der Waals surface area contributed by atoms with Gasteiger partial charge in [-0.2, -0.15) is 5.26 Å². The Kier molecular flexibility index (Phi) is 6.39. The van der Waals surface area contributed by atoms with Crippen LogP contribution in [0, 0.1) is 23.7 Å². The summed E-state index contributed by atoms with van der Waals surface area (Å²) in [5, 5.41) is 11.5. The number of rotatable bonds is 6. The largest absolute Gasteiger partial charge is 0.481 e. The zero-order valence-electron chi connectivity index (χ0n) is 14.0. The first-order valence-corrected chi connectivity index (χ1v) is 7.84. The Morgan fingerprint density at radius 3 is 2.68 bits per heavy atom. The van der Waals surface area contributed by atoms with Crippen LogP contribution in [0.2, 0.25) is 0 Å². The van der Waals surface area contributed by atoms with Gasteiger partial charge >= 0.3 is 0 Å². The van der Waals surface area contributed by atoms with Crippen LogP contribution < -0.4 is 10.1 Å². The van der Waals surface area contributed by atoms with Gasteiger partial charge in [0.05, 0.1) is 11.6 Å². The van der Waals surface area contributed by atoms with E-state index in [0.29, 0.717) is 11.3 Å². The maximum atomic E-state index is 12.0. The quantitative estimate of drug-likeness (QED) is 0.647. The highest BCUT2D eigenvalue weighted by Gasteiger charge is 2.03. The monoisotopic (exact) mass is 330 g/mol. The molecule has 0 aliphatic rings. The molecule has 2 aromatic carbocycles. The lowest BCUT2D eigenvalue weighted by atomic mass is 10.1. The summed E-state index contributed by atoms with van der Waals surface area (Å²) in [5.41, 5.74) is 3.12. The van der Waals surface area contributed by atoms with E-state index in [9.17, 15) is 4.79 Å². The molecular formula is C21H18N2O2. The van der Waals surface area contributed by atoms with Gasteiger partial charge in [0.1, 0.15) is 12.4 Å². The number of nitriles is 1. The van der Waals surface area contributed by atoms with Crippen LogP contribution in [0.3, 0.4) is 0 Å². The van der Waals surface area contributed by atoms with Crippen molar-refractivity contribution in [1.29, 1.82) is 5.26 Å². The molecule has 0 spiro atoms. The maximum Gasteiger partial charge on any atom is 0.248 e. The highest BCUT2D eigenvalue weighted by atomic mass is 16.5. The van der Waals surface area contributed by atoms with Crippen molar-refractivity contribution in [3.05, 3.63) is 65.2 Å². The Hall–Kier alpha value is -3.50. The van der Waals surface area contributed by atoms with E-state index in [-0.39, 0.29) is 12.5 Å². The van der Waals surface area contributed by atoms with Crippen molar-refractivity contribution >= 4 is 17.7 Å².